The summed E-state index contributed by atoms with van der Waals surface area (Å²) >= 11 is 5.89. The lowest BCUT2D eigenvalue weighted by Gasteiger charge is -2.22. The van der Waals surface area contributed by atoms with Crippen molar-refractivity contribution in [1.29, 1.82) is 0 Å². The summed E-state index contributed by atoms with van der Waals surface area (Å²) in [6.07, 6.45) is 3.70. The third-order valence-electron chi connectivity index (χ3n) is 3.15. The number of halogens is 1. The second-order valence-electron chi connectivity index (χ2n) is 4.25. The Kier molecular flexibility index (Phi) is 4.07. The number of pyridine rings is 1. The Balaban J connectivity index is 2.34. The number of methoxy groups -OCH3 is 1. The lowest BCUT2D eigenvalue weighted by atomic mass is 10.2. The van der Waals surface area contributed by atoms with E-state index in [1.54, 1.807) is 19.4 Å². The van der Waals surface area contributed by atoms with Gasteiger partial charge in [-0.25, -0.2) is 4.98 Å². The Hall–Kier alpha value is -1.29. The van der Waals surface area contributed by atoms with E-state index in [1.165, 1.54) is 0 Å². The molecule has 18 heavy (non-hydrogen) atoms. The maximum Gasteiger partial charge on any atom is 0.147 e. The summed E-state index contributed by atoms with van der Waals surface area (Å²) in [6, 6.07) is 2.10. The van der Waals surface area contributed by atoms with Gasteiger partial charge in [0.1, 0.15) is 22.4 Å². The molecule has 1 atom stereocenters. The summed E-state index contributed by atoms with van der Waals surface area (Å²) in [6.45, 7) is 5.15. The van der Waals surface area contributed by atoms with Gasteiger partial charge in [0, 0.05) is 19.0 Å². The molecule has 2 heterocycles. The summed E-state index contributed by atoms with van der Waals surface area (Å²) in [7, 11) is 1.64. The topological polar surface area (TPSA) is 37.7 Å². The van der Waals surface area contributed by atoms with Gasteiger partial charge >= 0.3 is 0 Å². The zero-order chi connectivity index (χ0) is 13.1. The van der Waals surface area contributed by atoms with E-state index in [0.29, 0.717) is 11.2 Å². The van der Waals surface area contributed by atoms with E-state index < -0.39 is 0 Å². The van der Waals surface area contributed by atoms with Crippen LogP contribution in [0, 0.1) is 0 Å². The van der Waals surface area contributed by atoms with Gasteiger partial charge in [-0.05, 0) is 6.42 Å². The number of hydrogen-bond acceptors (Lipinski definition) is 4. The summed E-state index contributed by atoms with van der Waals surface area (Å²) in [5, 5.41) is 0.442. The molecule has 5 heteroatoms. The summed E-state index contributed by atoms with van der Waals surface area (Å²) < 4.78 is 5.38. The molecule has 1 aliphatic rings. The number of rotatable bonds is 4. The number of nitrogens with zero attached hydrogens (tertiary/aromatic N) is 3. The van der Waals surface area contributed by atoms with E-state index in [4.69, 9.17) is 21.3 Å². The van der Waals surface area contributed by atoms with Gasteiger partial charge in [0.25, 0.3) is 0 Å². The SMILES string of the molecule is CCC1=NC(CC)CN1c1cnc(Cl)cc1OC. The molecule has 0 spiro atoms. The van der Waals surface area contributed by atoms with Crippen molar-refractivity contribution in [2.45, 2.75) is 32.7 Å². The quantitative estimate of drug-likeness (QED) is 0.787. The Bertz CT molecular complexity index is 462. The van der Waals surface area contributed by atoms with Crippen molar-refractivity contribution in [1.82, 2.24) is 4.98 Å². The normalized spacial score (nSPS) is 19.0. The predicted molar refractivity (Wildman–Crippen MR) is 75.0 cm³/mol. The van der Waals surface area contributed by atoms with E-state index in [0.717, 1.165) is 36.7 Å². The second kappa shape index (κ2) is 5.57. The van der Waals surface area contributed by atoms with Crippen molar-refractivity contribution in [3.63, 3.8) is 0 Å². The van der Waals surface area contributed by atoms with E-state index in [-0.39, 0.29) is 0 Å². The van der Waals surface area contributed by atoms with Gasteiger partial charge in [0.05, 0.1) is 19.3 Å². The minimum atomic E-state index is 0.361. The van der Waals surface area contributed by atoms with Gasteiger partial charge in [-0.15, -0.1) is 0 Å². The maximum atomic E-state index is 5.89. The average Bonchev–Trinajstić information content (AvgIpc) is 2.81. The highest BCUT2D eigenvalue weighted by molar-refractivity contribution is 6.29. The Morgan fingerprint density at radius 1 is 1.50 bits per heavy atom. The van der Waals surface area contributed by atoms with Gasteiger partial charge < -0.3 is 9.64 Å². The molecule has 1 aromatic heterocycles. The molecule has 1 aromatic rings. The number of aromatic nitrogens is 1. The highest BCUT2D eigenvalue weighted by atomic mass is 35.5. The Morgan fingerprint density at radius 2 is 2.28 bits per heavy atom. The number of hydrogen-bond donors (Lipinski definition) is 0. The van der Waals surface area contributed by atoms with Crippen LogP contribution in [0.25, 0.3) is 0 Å². The van der Waals surface area contributed by atoms with Crippen LogP contribution in [0.4, 0.5) is 5.69 Å². The third kappa shape index (κ3) is 2.43. The van der Waals surface area contributed by atoms with Gasteiger partial charge in [0.2, 0.25) is 0 Å². The van der Waals surface area contributed by atoms with Gasteiger partial charge in [-0.1, -0.05) is 25.4 Å². The zero-order valence-corrected chi connectivity index (χ0v) is 11.7. The molecule has 0 saturated heterocycles. The fraction of sp³-hybridized carbons (Fsp3) is 0.538. The third-order valence-corrected chi connectivity index (χ3v) is 3.35. The summed E-state index contributed by atoms with van der Waals surface area (Å²) in [5.74, 6) is 1.83. The van der Waals surface area contributed by atoms with Crippen LogP contribution in [0.1, 0.15) is 26.7 Å². The molecule has 98 valence electrons. The highest BCUT2D eigenvalue weighted by Gasteiger charge is 2.26. The minimum absolute atomic E-state index is 0.361. The zero-order valence-electron chi connectivity index (χ0n) is 11.0. The fourth-order valence-corrected chi connectivity index (χ4v) is 2.30. The van der Waals surface area contributed by atoms with Gasteiger partial charge in [-0.3, -0.25) is 4.99 Å². The van der Waals surface area contributed by atoms with E-state index in [2.05, 4.69) is 23.7 Å². The van der Waals surface area contributed by atoms with Crippen LogP contribution in [-0.2, 0) is 0 Å². The van der Waals surface area contributed by atoms with Crippen molar-refractivity contribution >= 4 is 23.1 Å². The first-order valence-electron chi connectivity index (χ1n) is 6.23. The molecular formula is C13H18ClN3O. The fourth-order valence-electron chi connectivity index (χ4n) is 2.15. The van der Waals surface area contributed by atoms with Crippen molar-refractivity contribution in [2.24, 2.45) is 4.99 Å². The van der Waals surface area contributed by atoms with Gasteiger partial charge in [-0.2, -0.15) is 0 Å². The molecule has 0 fully saturated rings. The van der Waals surface area contributed by atoms with Crippen molar-refractivity contribution in [3.8, 4) is 5.75 Å². The monoisotopic (exact) mass is 267 g/mol. The van der Waals surface area contributed by atoms with Crippen molar-refractivity contribution in [2.75, 3.05) is 18.6 Å². The van der Waals surface area contributed by atoms with Crippen LogP contribution < -0.4 is 9.64 Å². The first kappa shape index (κ1) is 13.1. The second-order valence-corrected chi connectivity index (χ2v) is 4.64. The molecule has 1 aliphatic heterocycles. The van der Waals surface area contributed by atoms with Crippen LogP contribution in [0.2, 0.25) is 5.15 Å². The molecular weight excluding hydrogens is 250 g/mol. The van der Waals surface area contributed by atoms with Crippen LogP contribution in [-0.4, -0.2) is 30.5 Å². The van der Waals surface area contributed by atoms with Crippen LogP contribution in [0.15, 0.2) is 17.3 Å². The van der Waals surface area contributed by atoms with Crippen LogP contribution in [0.3, 0.4) is 0 Å². The predicted octanol–water partition coefficient (Wildman–Crippen LogP) is 3.15. The minimum Gasteiger partial charge on any atom is -0.494 e. The smallest absolute Gasteiger partial charge is 0.147 e. The summed E-state index contributed by atoms with van der Waals surface area (Å²) in [5.41, 5.74) is 0.943. The maximum absolute atomic E-state index is 5.89. The van der Waals surface area contributed by atoms with Crippen molar-refractivity contribution < 1.29 is 4.74 Å². The Labute approximate surface area is 113 Å². The standard InChI is InChI=1S/C13H18ClN3O/c1-4-9-8-17(13(5-2)16-9)10-7-15-12(14)6-11(10)18-3/h6-7,9H,4-5,8H2,1-3H3. The number of ether oxygens (including phenoxy) is 1. The average molecular weight is 268 g/mol. The first-order chi connectivity index (χ1) is 8.69. The van der Waals surface area contributed by atoms with E-state index >= 15 is 0 Å². The molecule has 0 radical (unpaired) electrons. The Morgan fingerprint density at radius 3 is 2.89 bits per heavy atom. The lowest BCUT2D eigenvalue weighted by Crippen LogP contribution is -2.29. The lowest BCUT2D eigenvalue weighted by molar-refractivity contribution is 0.415. The molecule has 1 unspecified atom stereocenters. The number of amidine groups is 1. The summed E-state index contributed by atoms with van der Waals surface area (Å²) in [4.78, 5) is 11.0. The molecule has 2 rings (SSSR count). The molecule has 0 N–H and O–H groups in total. The first-order valence-corrected chi connectivity index (χ1v) is 6.61. The van der Waals surface area contributed by atoms with Crippen LogP contribution in [0.5, 0.6) is 5.75 Å². The number of aliphatic imine (C=N–C) groups is 1. The molecule has 0 amide bonds. The highest BCUT2D eigenvalue weighted by Crippen LogP contribution is 2.32. The molecule has 0 bridgehead atoms. The van der Waals surface area contributed by atoms with Crippen LogP contribution >= 0.6 is 11.6 Å². The number of anilines is 1. The molecule has 0 saturated carbocycles. The van der Waals surface area contributed by atoms with Crippen molar-refractivity contribution in [3.05, 3.63) is 17.4 Å². The van der Waals surface area contributed by atoms with E-state index in [1.807, 2.05) is 0 Å². The molecule has 0 aromatic carbocycles. The van der Waals surface area contributed by atoms with Gasteiger partial charge in [0.15, 0.2) is 0 Å². The van der Waals surface area contributed by atoms with E-state index in [9.17, 15) is 0 Å². The largest absolute Gasteiger partial charge is 0.494 e. The molecule has 4 nitrogen and oxygen atoms in total. The molecule has 0 aliphatic carbocycles.